The van der Waals surface area contributed by atoms with Crippen LogP contribution in [0, 0.1) is 0 Å². The summed E-state index contributed by atoms with van der Waals surface area (Å²) in [5.41, 5.74) is 1.68. The van der Waals surface area contributed by atoms with Crippen LogP contribution in [0.2, 0.25) is 0 Å². The number of hydrogen-bond acceptors (Lipinski definition) is 5. The Kier molecular flexibility index (Phi) is 9.08. The maximum atomic E-state index is 13.0. The van der Waals surface area contributed by atoms with Gasteiger partial charge in [0.1, 0.15) is 5.75 Å². The Labute approximate surface area is 165 Å². The SMILES string of the molecule is CCc1c(OP(=O)(O)C(CC)(CC)P(=O)(O)O)ccc(SCCO)c1CC. The zero-order chi connectivity index (χ0) is 20.9. The molecule has 7 nitrogen and oxygen atoms in total. The summed E-state index contributed by atoms with van der Waals surface area (Å²) < 4.78 is 30.6. The van der Waals surface area contributed by atoms with Crippen molar-refractivity contribution in [2.24, 2.45) is 0 Å². The molecule has 4 N–H and O–H groups in total. The molecular weight excluding hydrogens is 410 g/mol. The van der Waals surface area contributed by atoms with Gasteiger partial charge in [0.25, 0.3) is 0 Å². The fourth-order valence-electron chi connectivity index (χ4n) is 3.25. The average Bonchev–Trinajstić information content (AvgIpc) is 2.59. The van der Waals surface area contributed by atoms with Gasteiger partial charge in [-0.25, -0.2) is 4.57 Å². The fraction of sp³-hybridized carbons (Fsp3) is 0.647. The van der Waals surface area contributed by atoms with Crippen molar-refractivity contribution >= 4 is 27.0 Å². The first-order chi connectivity index (χ1) is 12.5. The first kappa shape index (κ1) is 24.7. The minimum Gasteiger partial charge on any atom is -0.423 e. The molecule has 1 aromatic carbocycles. The Hall–Kier alpha value is -0.330. The van der Waals surface area contributed by atoms with E-state index in [0.29, 0.717) is 18.6 Å². The van der Waals surface area contributed by atoms with Crippen molar-refractivity contribution in [1.29, 1.82) is 0 Å². The molecule has 0 saturated carbocycles. The molecule has 1 aromatic rings. The average molecular weight is 440 g/mol. The van der Waals surface area contributed by atoms with Crippen LogP contribution in [-0.2, 0) is 22.0 Å². The van der Waals surface area contributed by atoms with Gasteiger partial charge in [0.2, 0.25) is 0 Å². The summed E-state index contributed by atoms with van der Waals surface area (Å²) in [6.45, 7) is 6.83. The fourth-order valence-corrected chi connectivity index (χ4v) is 7.83. The first-order valence-corrected chi connectivity index (χ1v) is 13.2. The second kappa shape index (κ2) is 9.93. The van der Waals surface area contributed by atoms with Gasteiger partial charge in [-0.1, -0.05) is 27.7 Å². The zero-order valence-electron chi connectivity index (χ0n) is 16.2. The molecular formula is C17H30O7P2S. The molecule has 1 unspecified atom stereocenters. The minimum absolute atomic E-state index is 0.0389. The molecule has 0 spiro atoms. The Balaban J connectivity index is 3.46. The number of rotatable bonds is 11. The van der Waals surface area contributed by atoms with Crippen LogP contribution in [0.1, 0.15) is 51.7 Å². The number of benzene rings is 1. The van der Waals surface area contributed by atoms with E-state index >= 15 is 0 Å². The first-order valence-electron chi connectivity index (χ1n) is 9.01. The van der Waals surface area contributed by atoms with Gasteiger partial charge in [-0.15, -0.1) is 11.8 Å². The van der Waals surface area contributed by atoms with Gasteiger partial charge in [0, 0.05) is 10.6 Å². The van der Waals surface area contributed by atoms with Crippen molar-refractivity contribution in [2.75, 3.05) is 12.4 Å². The Morgan fingerprint density at radius 2 is 1.56 bits per heavy atom. The van der Waals surface area contributed by atoms with E-state index < -0.39 is 20.1 Å². The molecule has 0 fully saturated rings. The molecule has 0 aliphatic rings. The third kappa shape index (κ3) is 4.99. The highest BCUT2D eigenvalue weighted by molar-refractivity contribution is 7.99. The van der Waals surface area contributed by atoms with E-state index in [1.165, 1.54) is 25.6 Å². The summed E-state index contributed by atoms with van der Waals surface area (Å²) >= 11 is 1.49. The van der Waals surface area contributed by atoms with E-state index in [9.17, 15) is 23.8 Å². The molecule has 27 heavy (non-hydrogen) atoms. The third-order valence-corrected chi connectivity index (χ3v) is 11.3. The van der Waals surface area contributed by atoms with E-state index in [2.05, 4.69) is 0 Å². The van der Waals surface area contributed by atoms with Gasteiger partial charge >= 0.3 is 15.2 Å². The highest BCUT2D eigenvalue weighted by Crippen LogP contribution is 2.74. The Morgan fingerprint density at radius 3 is 1.96 bits per heavy atom. The molecule has 0 saturated heterocycles. The lowest BCUT2D eigenvalue weighted by Crippen LogP contribution is -2.29. The normalized spacial score (nSPS) is 14.8. The van der Waals surface area contributed by atoms with E-state index in [4.69, 9.17) is 9.63 Å². The predicted molar refractivity (Wildman–Crippen MR) is 109 cm³/mol. The Morgan fingerprint density at radius 1 is 1.00 bits per heavy atom. The van der Waals surface area contributed by atoms with Gasteiger partial charge in [0.15, 0.2) is 4.90 Å². The van der Waals surface area contributed by atoms with E-state index in [0.717, 1.165) is 16.0 Å². The molecule has 0 amide bonds. The number of aliphatic hydroxyl groups is 1. The Bertz CT molecular complexity index is 728. The lowest BCUT2D eigenvalue weighted by atomic mass is 10.0. The van der Waals surface area contributed by atoms with Gasteiger partial charge in [-0.3, -0.25) is 4.57 Å². The molecule has 0 aliphatic carbocycles. The predicted octanol–water partition coefficient (Wildman–Crippen LogP) is 4.15. The van der Waals surface area contributed by atoms with Crippen LogP contribution in [0.25, 0.3) is 0 Å². The van der Waals surface area contributed by atoms with Crippen molar-refractivity contribution in [1.82, 2.24) is 0 Å². The third-order valence-electron chi connectivity index (χ3n) is 4.82. The van der Waals surface area contributed by atoms with E-state index in [1.54, 1.807) is 12.1 Å². The summed E-state index contributed by atoms with van der Waals surface area (Å²) in [6.07, 6.45) is 0.824. The van der Waals surface area contributed by atoms with Crippen LogP contribution >= 0.6 is 27.0 Å². The molecule has 0 heterocycles. The van der Waals surface area contributed by atoms with Crippen molar-refractivity contribution in [3.63, 3.8) is 0 Å². The lowest BCUT2D eigenvalue weighted by Gasteiger charge is -2.35. The minimum atomic E-state index is -4.90. The number of hydrogen-bond donors (Lipinski definition) is 4. The highest BCUT2D eigenvalue weighted by Gasteiger charge is 2.60. The summed E-state index contributed by atoms with van der Waals surface area (Å²) in [5, 5.41) is 9.06. The lowest BCUT2D eigenvalue weighted by molar-refractivity contribution is 0.304. The quantitative estimate of drug-likeness (QED) is 0.299. The van der Waals surface area contributed by atoms with Crippen LogP contribution in [0.3, 0.4) is 0 Å². The molecule has 0 radical (unpaired) electrons. The summed E-state index contributed by atoms with van der Waals surface area (Å²) in [6, 6.07) is 3.32. The van der Waals surface area contributed by atoms with Crippen molar-refractivity contribution in [2.45, 2.75) is 63.2 Å². The number of thioether (sulfide) groups is 1. The standard InChI is InChI=1S/C17H30O7P2S/c1-5-13-14(6-2)16(27-12-11-18)10-9-15(13)24-26(22,23)17(7-3,8-4)25(19,20)21/h9-10,18H,5-8,11-12H2,1-4H3,(H,22,23)(H2,19,20,21). The largest absolute Gasteiger partial charge is 0.423 e. The molecule has 10 heteroatoms. The van der Waals surface area contributed by atoms with Gasteiger partial charge in [-0.2, -0.15) is 0 Å². The maximum Gasteiger partial charge on any atom is 0.394 e. The van der Waals surface area contributed by atoms with Crippen LogP contribution in [0.4, 0.5) is 0 Å². The van der Waals surface area contributed by atoms with Gasteiger partial charge < -0.3 is 24.3 Å². The second-order valence-corrected chi connectivity index (χ2v) is 11.7. The van der Waals surface area contributed by atoms with Crippen molar-refractivity contribution in [3.05, 3.63) is 23.3 Å². The summed E-state index contributed by atoms with van der Waals surface area (Å²) in [4.78, 5) is 29.0. The topological polar surface area (TPSA) is 124 Å². The molecule has 0 aliphatic heterocycles. The molecule has 0 bridgehead atoms. The second-order valence-electron chi connectivity index (χ2n) is 6.14. The molecule has 156 valence electrons. The molecule has 1 atom stereocenters. The number of aliphatic hydroxyl groups excluding tert-OH is 1. The van der Waals surface area contributed by atoms with Crippen LogP contribution in [0.5, 0.6) is 5.75 Å². The van der Waals surface area contributed by atoms with Crippen molar-refractivity contribution < 1.29 is 33.4 Å². The van der Waals surface area contributed by atoms with Gasteiger partial charge in [-0.05, 0) is 48.9 Å². The van der Waals surface area contributed by atoms with Crippen LogP contribution in [-0.4, -0.2) is 37.0 Å². The summed E-state index contributed by atoms with van der Waals surface area (Å²) in [5.74, 6) is 0.704. The smallest absolute Gasteiger partial charge is 0.394 e. The van der Waals surface area contributed by atoms with E-state index in [1.807, 2.05) is 13.8 Å². The van der Waals surface area contributed by atoms with Crippen molar-refractivity contribution in [3.8, 4) is 5.75 Å². The highest BCUT2D eigenvalue weighted by atomic mass is 32.2. The molecule has 0 aromatic heterocycles. The van der Waals surface area contributed by atoms with Crippen LogP contribution in [0.15, 0.2) is 17.0 Å². The maximum absolute atomic E-state index is 13.0. The summed E-state index contributed by atoms with van der Waals surface area (Å²) in [7, 11) is -9.60. The molecule has 1 rings (SSSR count). The monoisotopic (exact) mass is 440 g/mol. The van der Waals surface area contributed by atoms with Gasteiger partial charge in [0.05, 0.1) is 6.61 Å². The zero-order valence-corrected chi connectivity index (χ0v) is 18.8. The van der Waals surface area contributed by atoms with Crippen LogP contribution < -0.4 is 4.52 Å². The van der Waals surface area contributed by atoms with E-state index in [-0.39, 0.29) is 25.2 Å².